The first-order chi connectivity index (χ1) is 13.7. The van der Waals surface area contributed by atoms with Crippen LogP contribution in [-0.4, -0.2) is 29.6 Å². The topological polar surface area (TPSA) is 78.4 Å². The molecule has 0 atom stereocenters. The third-order valence-corrected chi connectivity index (χ3v) is 4.10. The van der Waals surface area contributed by atoms with Gasteiger partial charge in [-0.2, -0.15) is 0 Å². The number of rotatable bonds is 8. The highest BCUT2D eigenvalue weighted by Gasteiger charge is 2.13. The molecule has 0 unspecified atom stereocenters. The van der Waals surface area contributed by atoms with Gasteiger partial charge >= 0.3 is 5.97 Å². The van der Waals surface area contributed by atoms with E-state index in [0.717, 1.165) is 11.8 Å². The van der Waals surface area contributed by atoms with Crippen LogP contribution in [0, 0.1) is 11.6 Å². The molecule has 0 spiro atoms. The standard InChI is InChI=1S/C22H24F2N2O3/c1-13(2)26-17-6-4-15(5-7-17)16-11-19(23)18(20(24)12-16)10-14(3)22(29)25-9-8-21(27)28/h4-7,10-13,26H,8-9H2,1-3H3,(H,25,29)(H,27,28)/b14-10+. The number of amides is 1. The summed E-state index contributed by atoms with van der Waals surface area (Å²) in [5.41, 5.74) is 1.71. The Morgan fingerprint density at radius 1 is 1.07 bits per heavy atom. The highest BCUT2D eigenvalue weighted by atomic mass is 19.1. The van der Waals surface area contributed by atoms with Crippen molar-refractivity contribution in [2.75, 3.05) is 11.9 Å². The second-order valence-corrected chi connectivity index (χ2v) is 6.96. The molecule has 2 aromatic carbocycles. The zero-order valence-corrected chi connectivity index (χ0v) is 16.6. The van der Waals surface area contributed by atoms with Crippen molar-refractivity contribution in [1.82, 2.24) is 5.32 Å². The molecule has 0 aliphatic heterocycles. The number of carbonyl (C=O) groups is 2. The average molecular weight is 402 g/mol. The van der Waals surface area contributed by atoms with E-state index >= 15 is 0 Å². The van der Waals surface area contributed by atoms with Crippen LogP contribution in [0.25, 0.3) is 17.2 Å². The van der Waals surface area contributed by atoms with E-state index in [0.29, 0.717) is 11.1 Å². The predicted molar refractivity (Wildman–Crippen MR) is 109 cm³/mol. The van der Waals surface area contributed by atoms with E-state index in [9.17, 15) is 18.4 Å². The number of carbonyl (C=O) groups excluding carboxylic acids is 1. The van der Waals surface area contributed by atoms with Gasteiger partial charge in [0.2, 0.25) is 5.91 Å². The molecule has 3 N–H and O–H groups in total. The molecule has 29 heavy (non-hydrogen) atoms. The van der Waals surface area contributed by atoms with Crippen molar-refractivity contribution in [3.63, 3.8) is 0 Å². The molecular weight excluding hydrogens is 378 g/mol. The molecule has 154 valence electrons. The van der Waals surface area contributed by atoms with Crippen LogP contribution in [0.2, 0.25) is 0 Å². The smallest absolute Gasteiger partial charge is 0.305 e. The number of halogens is 2. The summed E-state index contributed by atoms with van der Waals surface area (Å²) < 4.78 is 29.0. The van der Waals surface area contributed by atoms with Crippen molar-refractivity contribution < 1.29 is 23.5 Å². The van der Waals surface area contributed by atoms with Crippen LogP contribution in [0.15, 0.2) is 42.0 Å². The molecule has 0 saturated carbocycles. The fourth-order valence-electron chi connectivity index (χ4n) is 2.69. The van der Waals surface area contributed by atoms with Crippen LogP contribution >= 0.6 is 0 Å². The largest absolute Gasteiger partial charge is 0.481 e. The van der Waals surface area contributed by atoms with Gasteiger partial charge < -0.3 is 15.7 Å². The van der Waals surface area contributed by atoms with Crippen LogP contribution in [0.5, 0.6) is 0 Å². The molecule has 0 aliphatic rings. The maximum atomic E-state index is 14.5. The minimum atomic E-state index is -1.05. The molecule has 0 saturated heterocycles. The van der Waals surface area contributed by atoms with E-state index in [1.165, 1.54) is 19.1 Å². The fourth-order valence-corrected chi connectivity index (χ4v) is 2.69. The second-order valence-electron chi connectivity index (χ2n) is 6.96. The number of anilines is 1. The molecule has 7 heteroatoms. The number of nitrogens with one attached hydrogen (secondary N) is 2. The SMILES string of the molecule is C/C(=C\c1c(F)cc(-c2ccc(NC(C)C)cc2)cc1F)C(=O)NCCC(=O)O. The van der Waals surface area contributed by atoms with E-state index in [-0.39, 0.29) is 30.1 Å². The molecular formula is C22H24F2N2O3. The Labute approximate surface area is 168 Å². The molecule has 5 nitrogen and oxygen atoms in total. The molecule has 0 aromatic heterocycles. The van der Waals surface area contributed by atoms with E-state index in [1.807, 2.05) is 26.0 Å². The van der Waals surface area contributed by atoms with Crippen molar-refractivity contribution in [3.8, 4) is 11.1 Å². The van der Waals surface area contributed by atoms with E-state index in [4.69, 9.17) is 5.11 Å². The maximum Gasteiger partial charge on any atom is 0.305 e. The average Bonchev–Trinajstić information content (AvgIpc) is 2.64. The van der Waals surface area contributed by atoms with Crippen LogP contribution in [-0.2, 0) is 9.59 Å². The zero-order valence-electron chi connectivity index (χ0n) is 16.6. The van der Waals surface area contributed by atoms with Gasteiger partial charge in [-0.05, 0) is 62.2 Å². The van der Waals surface area contributed by atoms with Gasteiger partial charge in [-0.15, -0.1) is 0 Å². The third-order valence-electron chi connectivity index (χ3n) is 4.10. The molecule has 2 rings (SSSR count). The fraction of sp³-hybridized carbons (Fsp3) is 0.273. The number of hydrogen-bond acceptors (Lipinski definition) is 3. The zero-order chi connectivity index (χ0) is 21.6. The molecule has 1 amide bonds. The van der Waals surface area contributed by atoms with Crippen molar-refractivity contribution in [3.05, 3.63) is 59.2 Å². The summed E-state index contributed by atoms with van der Waals surface area (Å²) in [6.45, 7) is 5.37. The predicted octanol–water partition coefficient (Wildman–Crippen LogP) is 4.45. The van der Waals surface area contributed by atoms with Crippen molar-refractivity contribution in [2.45, 2.75) is 33.2 Å². The highest BCUT2D eigenvalue weighted by Crippen LogP contribution is 2.27. The van der Waals surface area contributed by atoms with E-state index < -0.39 is 23.5 Å². The number of carboxylic acids is 1. The summed E-state index contributed by atoms with van der Waals surface area (Å²) in [6, 6.07) is 9.93. The van der Waals surface area contributed by atoms with Gasteiger partial charge in [0, 0.05) is 29.4 Å². The molecule has 0 fully saturated rings. The van der Waals surface area contributed by atoms with Crippen molar-refractivity contribution in [1.29, 1.82) is 0 Å². The van der Waals surface area contributed by atoms with Crippen LogP contribution in [0.4, 0.5) is 14.5 Å². The summed E-state index contributed by atoms with van der Waals surface area (Å²) in [7, 11) is 0. The maximum absolute atomic E-state index is 14.5. The Morgan fingerprint density at radius 2 is 1.66 bits per heavy atom. The van der Waals surface area contributed by atoms with Crippen LogP contribution in [0.3, 0.4) is 0 Å². The lowest BCUT2D eigenvalue weighted by Crippen LogP contribution is -2.26. The first-order valence-corrected chi connectivity index (χ1v) is 9.21. The quantitative estimate of drug-likeness (QED) is 0.570. The van der Waals surface area contributed by atoms with Crippen LogP contribution < -0.4 is 10.6 Å². The van der Waals surface area contributed by atoms with Gasteiger partial charge in [-0.1, -0.05) is 12.1 Å². The van der Waals surface area contributed by atoms with Crippen molar-refractivity contribution >= 4 is 23.6 Å². The lowest BCUT2D eigenvalue weighted by Gasteiger charge is -2.11. The number of benzene rings is 2. The van der Waals surface area contributed by atoms with Crippen molar-refractivity contribution in [2.24, 2.45) is 0 Å². The molecule has 0 aliphatic carbocycles. The van der Waals surface area contributed by atoms with Gasteiger partial charge in [0.15, 0.2) is 0 Å². The molecule has 0 radical (unpaired) electrons. The highest BCUT2D eigenvalue weighted by molar-refractivity contribution is 5.97. The number of carboxylic acid groups (broad SMARTS) is 1. The summed E-state index contributed by atoms with van der Waals surface area (Å²) in [5.74, 6) is -3.21. The number of aliphatic carboxylic acids is 1. The third kappa shape index (κ3) is 6.41. The van der Waals surface area contributed by atoms with Gasteiger partial charge in [0.1, 0.15) is 11.6 Å². The summed E-state index contributed by atoms with van der Waals surface area (Å²) >= 11 is 0. The lowest BCUT2D eigenvalue weighted by molar-refractivity contribution is -0.136. The molecule has 2 aromatic rings. The minimum Gasteiger partial charge on any atom is -0.481 e. The Kier molecular flexibility index (Phi) is 7.47. The van der Waals surface area contributed by atoms with E-state index in [2.05, 4.69) is 10.6 Å². The Hall–Kier alpha value is -3.22. The van der Waals surface area contributed by atoms with Gasteiger partial charge in [-0.3, -0.25) is 9.59 Å². The molecule has 0 heterocycles. The Balaban J connectivity index is 2.20. The minimum absolute atomic E-state index is 0.0646. The van der Waals surface area contributed by atoms with Crippen LogP contribution in [0.1, 0.15) is 32.8 Å². The van der Waals surface area contributed by atoms with Gasteiger partial charge in [0.25, 0.3) is 0 Å². The summed E-state index contributed by atoms with van der Waals surface area (Å²) in [5, 5.41) is 14.2. The Morgan fingerprint density at radius 3 is 2.17 bits per heavy atom. The number of hydrogen-bond donors (Lipinski definition) is 3. The molecule has 0 bridgehead atoms. The first kappa shape index (κ1) is 22.1. The van der Waals surface area contributed by atoms with Gasteiger partial charge in [0.05, 0.1) is 6.42 Å². The lowest BCUT2D eigenvalue weighted by atomic mass is 10.0. The van der Waals surface area contributed by atoms with Gasteiger partial charge in [-0.25, -0.2) is 8.78 Å². The van der Waals surface area contributed by atoms with E-state index in [1.54, 1.807) is 12.1 Å². The second kappa shape index (κ2) is 9.82. The monoisotopic (exact) mass is 402 g/mol. The summed E-state index contributed by atoms with van der Waals surface area (Å²) in [6.07, 6.45) is 0.877. The Bertz CT molecular complexity index is 899. The first-order valence-electron chi connectivity index (χ1n) is 9.21. The summed E-state index contributed by atoms with van der Waals surface area (Å²) in [4.78, 5) is 22.4. The normalized spacial score (nSPS) is 11.4.